The van der Waals surface area contributed by atoms with Crippen LogP contribution in [0.2, 0.25) is 0 Å². The summed E-state index contributed by atoms with van der Waals surface area (Å²) in [5.74, 6) is 0.599. The Morgan fingerprint density at radius 3 is 2.38 bits per heavy atom. The molecule has 0 N–H and O–H groups in total. The second-order valence-electron chi connectivity index (χ2n) is 5.01. The highest BCUT2D eigenvalue weighted by Gasteiger charge is 2.16. The Bertz CT molecular complexity index is 633. The first-order valence-corrected chi connectivity index (χ1v) is 7.50. The number of hydrogen-bond acceptors (Lipinski definition) is 3. The maximum Gasteiger partial charge on any atom is 0.347 e. The Morgan fingerprint density at radius 1 is 1.10 bits per heavy atom. The van der Waals surface area contributed by atoms with Gasteiger partial charge in [0.25, 0.3) is 0 Å². The van der Waals surface area contributed by atoms with Gasteiger partial charge in [0.1, 0.15) is 17.1 Å². The zero-order valence-corrected chi connectivity index (χ0v) is 13.8. The Balaban J connectivity index is 2.25. The molecule has 21 heavy (non-hydrogen) atoms. The molecule has 0 saturated heterocycles. The fourth-order valence-electron chi connectivity index (χ4n) is 1.79. The summed E-state index contributed by atoms with van der Waals surface area (Å²) < 4.78 is 11.8. The number of rotatable bonds is 4. The number of carbonyl (C=O) groups is 1. The summed E-state index contributed by atoms with van der Waals surface area (Å²) in [6, 6.07) is 12.6. The third-order valence-corrected chi connectivity index (χ3v) is 3.25. The van der Waals surface area contributed by atoms with Gasteiger partial charge in [0.2, 0.25) is 0 Å². The molecule has 0 heterocycles. The number of benzene rings is 2. The van der Waals surface area contributed by atoms with Gasteiger partial charge in [-0.2, -0.15) is 0 Å². The topological polar surface area (TPSA) is 35.5 Å². The first-order valence-electron chi connectivity index (χ1n) is 6.71. The van der Waals surface area contributed by atoms with E-state index in [1.54, 1.807) is 24.3 Å². The quantitative estimate of drug-likeness (QED) is 0.590. The lowest BCUT2D eigenvalue weighted by Crippen LogP contribution is -2.14. The first-order chi connectivity index (χ1) is 9.95. The van der Waals surface area contributed by atoms with E-state index in [4.69, 9.17) is 9.47 Å². The first kappa shape index (κ1) is 15.6. The Labute approximate surface area is 133 Å². The van der Waals surface area contributed by atoms with Crippen molar-refractivity contribution in [1.82, 2.24) is 0 Å². The average Bonchev–Trinajstić information content (AvgIpc) is 2.43. The predicted molar refractivity (Wildman–Crippen MR) is 86.0 cm³/mol. The van der Waals surface area contributed by atoms with Crippen LogP contribution in [0, 0.1) is 6.92 Å². The number of carbonyl (C=O) groups excluding carboxylic acids is 1. The summed E-state index contributed by atoms with van der Waals surface area (Å²) in [7, 11) is 0. The van der Waals surface area contributed by atoms with Crippen molar-refractivity contribution in [3.05, 3.63) is 58.1 Å². The summed E-state index contributed by atoms with van der Waals surface area (Å²) in [5, 5.41) is 0. The normalized spacial score (nSPS) is 10.5. The summed E-state index contributed by atoms with van der Waals surface area (Å²) in [6.07, 6.45) is -0.0166. The molecule has 0 fully saturated rings. The lowest BCUT2D eigenvalue weighted by atomic mass is 10.2. The zero-order valence-electron chi connectivity index (χ0n) is 12.2. The molecule has 0 bridgehead atoms. The predicted octanol–water partition coefficient (Wildman–Crippen LogP) is 4.76. The smallest absolute Gasteiger partial charge is 0.347 e. The molecule has 0 aliphatic heterocycles. The third kappa shape index (κ3) is 4.33. The number of hydrogen-bond donors (Lipinski definition) is 0. The number of ether oxygens (including phenoxy) is 2. The molecule has 0 aliphatic rings. The standard InChI is InChI=1S/C17H17BrO3/c1-11(2)20-16-9-6-13(18)10-15(16)17(19)21-14-7-4-12(3)5-8-14/h4-11H,1-3H3. The molecule has 2 rings (SSSR count). The second kappa shape index (κ2) is 6.76. The van der Waals surface area contributed by atoms with Crippen LogP contribution in [0.4, 0.5) is 0 Å². The van der Waals surface area contributed by atoms with E-state index in [1.807, 2.05) is 39.0 Å². The van der Waals surface area contributed by atoms with Crippen LogP contribution in [0.3, 0.4) is 0 Å². The molecule has 4 heteroatoms. The molecular formula is C17H17BrO3. The summed E-state index contributed by atoms with van der Waals surface area (Å²) >= 11 is 3.36. The molecule has 0 radical (unpaired) electrons. The highest BCUT2D eigenvalue weighted by Crippen LogP contribution is 2.26. The van der Waals surface area contributed by atoms with E-state index in [0.717, 1.165) is 10.0 Å². The van der Waals surface area contributed by atoms with Gasteiger partial charge >= 0.3 is 5.97 Å². The summed E-state index contributed by atoms with van der Waals surface area (Å²) in [6.45, 7) is 5.81. The van der Waals surface area contributed by atoms with Crippen LogP contribution in [0.15, 0.2) is 46.9 Å². The molecule has 0 spiro atoms. The number of aryl methyl sites for hydroxylation is 1. The van der Waals surface area contributed by atoms with Crippen LogP contribution in [0.1, 0.15) is 29.8 Å². The van der Waals surface area contributed by atoms with Crippen LogP contribution >= 0.6 is 15.9 Å². The Kier molecular flexibility index (Phi) is 5.02. The fourth-order valence-corrected chi connectivity index (χ4v) is 2.15. The lowest BCUT2D eigenvalue weighted by Gasteiger charge is -2.14. The minimum absolute atomic E-state index is 0.0166. The van der Waals surface area contributed by atoms with E-state index in [2.05, 4.69) is 15.9 Å². The van der Waals surface area contributed by atoms with Crippen molar-refractivity contribution >= 4 is 21.9 Å². The SMILES string of the molecule is Cc1ccc(OC(=O)c2cc(Br)ccc2OC(C)C)cc1. The van der Waals surface area contributed by atoms with E-state index in [0.29, 0.717) is 17.1 Å². The highest BCUT2D eigenvalue weighted by atomic mass is 79.9. The van der Waals surface area contributed by atoms with Gasteiger partial charge < -0.3 is 9.47 Å². The fraction of sp³-hybridized carbons (Fsp3) is 0.235. The van der Waals surface area contributed by atoms with Gasteiger partial charge in [0, 0.05) is 4.47 Å². The van der Waals surface area contributed by atoms with Crippen molar-refractivity contribution in [3.8, 4) is 11.5 Å². The minimum Gasteiger partial charge on any atom is -0.490 e. The molecule has 0 amide bonds. The largest absolute Gasteiger partial charge is 0.490 e. The van der Waals surface area contributed by atoms with Crippen LogP contribution in [-0.2, 0) is 0 Å². The molecule has 0 saturated carbocycles. The van der Waals surface area contributed by atoms with E-state index >= 15 is 0 Å². The van der Waals surface area contributed by atoms with Gasteiger partial charge in [0.15, 0.2) is 0 Å². The maximum atomic E-state index is 12.3. The Morgan fingerprint density at radius 2 is 1.76 bits per heavy atom. The maximum absolute atomic E-state index is 12.3. The van der Waals surface area contributed by atoms with Crippen molar-refractivity contribution in [2.45, 2.75) is 26.9 Å². The minimum atomic E-state index is -0.434. The molecule has 2 aromatic rings. The number of esters is 1. The van der Waals surface area contributed by atoms with Crippen LogP contribution in [-0.4, -0.2) is 12.1 Å². The molecule has 0 unspecified atom stereocenters. The highest BCUT2D eigenvalue weighted by molar-refractivity contribution is 9.10. The van der Waals surface area contributed by atoms with Crippen molar-refractivity contribution in [1.29, 1.82) is 0 Å². The third-order valence-electron chi connectivity index (χ3n) is 2.76. The molecule has 0 atom stereocenters. The molecule has 3 nitrogen and oxygen atoms in total. The zero-order chi connectivity index (χ0) is 15.4. The van der Waals surface area contributed by atoms with Crippen molar-refractivity contribution in [2.75, 3.05) is 0 Å². The van der Waals surface area contributed by atoms with Gasteiger partial charge in [-0.25, -0.2) is 4.79 Å². The molecule has 110 valence electrons. The number of halogens is 1. The summed E-state index contributed by atoms with van der Waals surface area (Å²) in [5.41, 5.74) is 1.51. The van der Waals surface area contributed by atoms with E-state index in [1.165, 1.54) is 0 Å². The van der Waals surface area contributed by atoms with Crippen molar-refractivity contribution in [3.63, 3.8) is 0 Å². The van der Waals surface area contributed by atoms with Gasteiger partial charge in [-0.05, 0) is 51.1 Å². The lowest BCUT2D eigenvalue weighted by molar-refractivity contribution is 0.0728. The average molecular weight is 349 g/mol. The van der Waals surface area contributed by atoms with Crippen molar-refractivity contribution in [2.24, 2.45) is 0 Å². The molecule has 0 aliphatic carbocycles. The van der Waals surface area contributed by atoms with Crippen LogP contribution in [0.25, 0.3) is 0 Å². The van der Waals surface area contributed by atoms with Crippen LogP contribution in [0.5, 0.6) is 11.5 Å². The monoisotopic (exact) mass is 348 g/mol. The van der Waals surface area contributed by atoms with Crippen molar-refractivity contribution < 1.29 is 14.3 Å². The molecule has 0 aromatic heterocycles. The van der Waals surface area contributed by atoms with Gasteiger partial charge in [0.05, 0.1) is 6.10 Å². The van der Waals surface area contributed by atoms with E-state index in [-0.39, 0.29) is 6.10 Å². The molecular weight excluding hydrogens is 332 g/mol. The van der Waals surface area contributed by atoms with E-state index in [9.17, 15) is 4.79 Å². The van der Waals surface area contributed by atoms with Crippen LogP contribution < -0.4 is 9.47 Å². The second-order valence-corrected chi connectivity index (χ2v) is 5.93. The van der Waals surface area contributed by atoms with Gasteiger partial charge in [-0.1, -0.05) is 33.6 Å². The molecule has 2 aromatic carbocycles. The Hall–Kier alpha value is -1.81. The summed E-state index contributed by atoms with van der Waals surface area (Å²) in [4.78, 5) is 12.3. The van der Waals surface area contributed by atoms with Gasteiger partial charge in [-0.3, -0.25) is 0 Å². The van der Waals surface area contributed by atoms with E-state index < -0.39 is 5.97 Å². The van der Waals surface area contributed by atoms with Gasteiger partial charge in [-0.15, -0.1) is 0 Å².